The van der Waals surface area contributed by atoms with Crippen LogP contribution in [0.4, 0.5) is 13.2 Å². The molecular formula is C17H17F3N4OS. The van der Waals surface area contributed by atoms with Crippen molar-refractivity contribution in [2.45, 2.75) is 29.9 Å². The van der Waals surface area contributed by atoms with Crippen molar-refractivity contribution >= 4 is 23.8 Å². The SMILES string of the molecule is CN1CCN(C2=Cc3cc(SC(F)(F)F)ccc3OC2(C)C)C1=NC#N. The maximum Gasteiger partial charge on any atom is 0.446 e. The van der Waals surface area contributed by atoms with Crippen LogP contribution in [0.2, 0.25) is 0 Å². The molecule has 1 fully saturated rings. The second-order valence-corrected chi connectivity index (χ2v) is 7.61. The van der Waals surface area contributed by atoms with Gasteiger partial charge >= 0.3 is 5.51 Å². The van der Waals surface area contributed by atoms with Gasteiger partial charge in [-0.15, -0.1) is 4.99 Å². The average molecular weight is 382 g/mol. The number of hydrogen-bond acceptors (Lipinski definition) is 4. The number of hydrogen-bond donors (Lipinski definition) is 0. The van der Waals surface area contributed by atoms with Crippen molar-refractivity contribution in [3.05, 3.63) is 29.5 Å². The van der Waals surface area contributed by atoms with Crippen molar-refractivity contribution < 1.29 is 17.9 Å². The van der Waals surface area contributed by atoms with E-state index in [4.69, 9.17) is 10.00 Å². The fourth-order valence-corrected chi connectivity index (χ4v) is 3.64. The Balaban J connectivity index is 2.02. The van der Waals surface area contributed by atoms with Gasteiger partial charge in [-0.05, 0) is 49.9 Å². The quantitative estimate of drug-likeness (QED) is 0.574. The van der Waals surface area contributed by atoms with Gasteiger partial charge in [-0.2, -0.15) is 18.4 Å². The van der Waals surface area contributed by atoms with E-state index in [0.717, 1.165) is 5.70 Å². The fraction of sp³-hybridized carbons (Fsp3) is 0.412. The van der Waals surface area contributed by atoms with Crippen LogP contribution in [-0.4, -0.2) is 47.0 Å². The largest absolute Gasteiger partial charge is 0.481 e. The molecule has 0 radical (unpaired) electrons. The molecule has 0 aliphatic carbocycles. The number of aliphatic imine (C=N–C) groups is 1. The summed E-state index contributed by atoms with van der Waals surface area (Å²) in [5.74, 6) is 1.02. The van der Waals surface area contributed by atoms with Crippen molar-refractivity contribution in [1.82, 2.24) is 9.80 Å². The third-order valence-corrected chi connectivity index (χ3v) is 4.89. The minimum atomic E-state index is -4.35. The van der Waals surface area contributed by atoms with Gasteiger partial charge in [0.1, 0.15) is 11.4 Å². The van der Waals surface area contributed by atoms with Crippen molar-refractivity contribution in [2.75, 3.05) is 20.1 Å². The number of likely N-dealkylation sites (N-methyl/N-ethyl adjacent to an activating group) is 1. The van der Waals surface area contributed by atoms with Crippen molar-refractivity contribution in [3.63, 3.8) is 0 Å². The molecule has 0 N–H and O–H groups in total. The predicted molar refractivity (Wildman–Crippen MR) is 93.4 cm³/mol. The van der Waals surface area contributed by atoms with Gasteiger partial charge in [0.15, 0.2) is 0 Å². The lowest BCUT2D eigenvalue weighted by atomic mass is 9.97. The Hall–Kier alpha value is -2.34. The summed E-state index contributed by atoms with van der Waals surface area (Å²) < 4.78 is 44.0. The highest BCUT2D eigenvalue weighted by atomic mass is 32.2. The first-order chi connectivity index (χ1) is 12.1. The van der Waals surface area contributed by atoms with Crippen LogP contribution in [0.15, 0.2) is 33.8 Å². The second-order valence-electron chi connectivity index (χ2n) is 6.47. The highest BCUT2D eigenvalue weighted by molar-refractivity contribution is 8.00. The van der Waals surface area contributed by atoms with E-state index in [-0.39, 0.29) is 16.7 Å². The van der Waals surface area contributed by atoms with Crippen molar-refractivity contribution in [3.8, 4) is 11.9 Å². The normalized spacial score (nSPS) is 20.5. The Labute approximate surface area is 153 Å². The third kappa shape index (κ3) is 3.60. The number of benzene rings is 1. The van der Waals surface area contributed by atoms with Crippen LogP contribution in [-0.2, 0) is 0 Å². The van der Waals surface area contributed by atoms with E-state index >= 15 is 0 Å². The summed E-state index contributed by atoms with van der Waals surface area (Å²) in [6, 6.07) is 4.42. The molecule has 1 aromatic rings. The molecule has 2 aliphatic heterocycles. The third-order valence-electron chi connectivity index (χ3n) is 4.17. The van der Waals surface area contributed by atoms with Crippen LogP contribution in [0.3, 0.4) is 0 Å². The number of fused-ring (bicyclic) bond motifs is 1. The van der Waals surface area contributed by atoms with Gasteiger partial charge in [0, 0.05) is 30.6 Å². The van der Waals surface area contributed by atoms with Gasteiger partial charge in [0.2, 0.25) is 12.2 Å². The molecule has 2 heterocycles. The first-order valence-corrected chi connectivity index (χ1v) is 8.69. The fourth-order valence-electron chi connectivity index (χ4n) is 3.06. The van der Waals surface area contributed by atoms with E-state index in [2.05, 4.69) is 4.99 Å². The summed E-state index contributed by atoms with van der Waals surface area (Å²) in [7, 11) is 1.83. The molecule has 1 aromatic carbocycles. The van der Waals surface area contributed by atoms with Gasteiger partial charge in [-0.1, -0.05) is 0 Å². The highest BCUT2D eigenvalue weighted by Crippen LogP contribution is 2.42. The minimum absolute atomic E-state index is 0.0969. The summed E-state index contributed by atoms with van der Waals surface area (Å²) in [6.07, 6.45) is 3.61. The lowest BCUT2D eigenvalue weighted by molar-refractivity contribution is -0.0328. The lowest BCUT2D eigenvalue weighted by Crippen LogP contribution is -2.44. The number of nitriles is 1. The predicted octanol–water partition coefficient (Wildman–Crippen LogP) is 3.89. The maximum absolute atomic E-state index is 12.7. The van der Waals surface area contributed by atoms with Crippen molar-refractivity contribution in [1.29, 1.82) is 5.26 Å². The second kappa shape index (κ2) is 6.43. The number of halogens is 3. The summed E-state index contributed by atoms with van der Waals surface area (Å²) >= 11 is -0.157. The number of guanidine groups is 1. The number of alkyl halides is 3. The molecule has 9 heteroatoms. The summed E-state index contributed by atoms with van der Waals surface area (Å²) in [5.41, 5.74) is -3.75. The van der Waals surface area contributed by atoms with Gasteiger partial charge in [-0.25, -0.2) is 0 Å². The first-order valence-electron chi connectivity index (χ1n) is 7.87. The average Bonchev–Trinajstić information content (AvgIpc) is 2.86. The number of ether oxygens (including phenoxy) is 1. The topological polar surface area (TPSA) is 51.9 Å². The molecular weight excluding hydrogens is 365 g/mol. The minimum Gasteiger partial charge on any atom is -0.481 e. The molecule has 2 aliphatic rings. The van der Waals surface area contributed by atoms with Crippen LogP contribution in [0.5, 0.6) is 5.75 Å². The molecule has 0 atom stereocenters. The van der Waals surface area contributed by atoms with Crippen LogP contribution in [0, 0.1) is 11.5 Å². The van der Waals surface area contributed by atoms with E-state index in [1.807, 2.05) is 36.8 Å². The Morgan fingerprint density at radius 3 is 2.69 bits per heavy atom. The Morgan fingerprint density at radius 2 is 2.04 bits per heavy atom. The molecule has 138 valence electrons. The highest BCUT2D eigenvalue weighted by Gasteiger charge is 2.39. The van der Waals surface area contributed by atoms with Gasteiger partial charge in [0.25, 0.3) is 0 Å². The molecule has 0 amide bonds. The number of thioether (sulfide) groups is 1. The number of rotatable bonds is 2. The van der Waals surface area contributed by atoms with E-state index in [1.165, 1.54) is 12.1 Å². The molecule has 3 rings (SSSR count). The first kappa shape index (κ1) is 18.5. The Morgan fingerprint density at radius 1 is 1.31 bits per heavy atom. The molecule has 5 nitrogen and oxygen atoms in total. The summed E-state index contributed by atoms with van der Waals surface area (Å²) in [6.45, 7) is 5.05. The van der Waals surface area contributed by atoms with Crippen LogP contribution in [0.25, 0.3) is 6.08 Å². The van der Waals surface area contributed by atoms with Gasteiger partial charge in [0.05, 0.1) is 5.70 Å². The standard InChI is InChI=1S/C17H17F3N4OS/c1-16(2)14(24-7-6-23(3)15(24)22-10-21)9-11-8-12(26-17(18,19)20)4-5-13(11)25-16/h4-5,8-9H,6-7H2,1-3H3. The van der Waals surface area contributed by atoms with E-state index in [1.54, 1.807) is 12.3 Å². The molecule has 0 bridgehead atoms. The van der Waals surface area contributed by atoms with Crippen LogP contribution in [0.1, 0.15) is 19.4 Å². The Kier molecular flexibility index (Phi) is 4.56. The van der Waals surface area contributed by atoms with E-state index < -0.39 is 11.1 Å². The molecule has 0 spiro atoms. The van der Waals surface area contributed by atoms with E-state index in [9.17, 15) is 13.2 Å². The zero-order valence-corrected chi connectivity index (χ0v) is 15.3. The smallest absolute Gasteiger partial charge is 0.446 e. The van der Waals surface area contributed by atoms with Gasteiger partial charge < -0.3 is 14.5 Å². The molecule has 0 saturated carbocycles. The van der Waals surface area contributed by atoms with Crippen LogP contribution < -0.4 is 4.74 Å². The monoisotopic (exact) mass is 382 g/mol. The lowest BCUT2D eigenvalue weighted by Gasteiger charge is -2.38. The molecule has 26 heavy (non-hydrogen) atoms. The zero-order chi connectivity index (χ0) is 19.1. The summed E-state index contributed by atoms with van der Waals surface area (Å²) in [5, 5.41) is 8.94. The van der Waals surface area contributed by atoms with E-state index in [0.29, 0.717) is 30.4 Å². The maximum atomic E-state index is 12.7. The molecule has 0 aromatic heterocycles. The molecule has 0 unspecified atom stereocenters. The van der Waals surface area contributed by atoms with Crippen LogP contribution >= 0.6 is 11.8 Å². The molecule has 1 saturated heterocycles. The number of nitrogens with zero attached hydrogens (tertiary/aromatic N) is 4. The van der Waals surface area contributed by atoms with Gasteiger partial charge in [-0.3, -0.25) is 0 Å². The Bertz CT molecular complexity index is 826. The summed E-state index contributed by atoms with van der Waals surface area (Å²) in [4.78, 5) is 7.69. The zero-order valence-electron chi connectivity index (χ0n) is 14.5. The van der Waals surface area contributed by atoms with Crippen molar-refractivity contribution in [2.24, 2.45) is 4.99 Å².